The van der Waals surface area contributed by atoms with E-state index < -0.39 is 0 Å². The average Bonchev–Trinajstić information content (AvgIpc) is 2.66. The fraction of sp³-hybridized carbons (Fsp3) is 0.211. The minimum absolute atomic E-state index is 0.148. The maximum absolute atomic E-state index is 12.6. The Bertz CT molecular complexity index is 951. The molecule has 0 aliphatic heterocycles. The number of H-pyrrole nitrogens is 1. The molecule has 0 bridgehead atoms. The number of nitrogens with one attached hydrogen (secondary N) is 1. The highest BCUT2D eigenvalue weighted by Crippen LogP contribution is 2.19. The van der Waals surface area contributed by atoms with Crippen molar-refractivity contribution in [3.63, 3.8) is 0 Å². The maximum Gasteiger partial charge on any atom is 0.255 e. The second-order valence-corrected chi connectivity index (χ2v) is 5.64. The third kappa shape index (κ3) is 3.52. The van der Waals surface area contributed by atoms with Gasteiger partial charge in [0.2, 0.25) is 0 Å². The van der Waals surface area contributed by atoms with Gasteiger partial charge in [0.15, 0.2) is 0 Å². The third-order valence-electron chi connectivity index (χ3n) is 4.07. The molecule has 0 aliphatic rings. The summed E-state index contributed by atoms with van der Waals surface area (Å²) in [6.45, 7) is 2.61. The van der Waals surface area contributed by atoms with Crippen LogP contribution in [0.3, 0.4) is 0 Å². The zero-order valence-corrected chi connectivity index (χ0v) is 14.2. The number of amides is 1. The SMILES string of the molecule is CCN(Cc1cc2ccc(OC)cc2[nH]c1=O)C(=O)c1cccnc1. The molecule has 2 heterocycles. The van der Waals surface area contributed by atoms with Gasteiger partial charge < -0.3 is 14.6 Å². The number of aromatic amines is 1. The van der Waals surface area contributed by atoms with Crippen LogP contribution in [0.5, 0.6) is 5.75 Å². The summed E-state index contributed by atoms with van der Waals surface area (Å²) >= 11 is 0. The van der Waals surface area contributed by atoms with Crippen molar-refractivity contribution in [1.29, 1.82) is 0 Å². The molecule has 0 aliphatic carbocycles. The summed E-state index contributed by atoms with van der Waals surface area (Å²) in [7, 11) is 1.58. The number of methoxy groups -OCH3 is 1. The number of nitrogens with zero attached hydrogens (tertiary/aromatic N) is 2. The number of pyridine rings is 2. The van der Waals surface area contributed by atoms with Crippen molar-refractivity contribution in [3.8, 4) is 5.75 Å². The Morgan fingerprint density at radius 3 is 2.80 bits per heavy atom. The first-order valence-electron chi connectivity index (χ1n) is 8.01. The zero-order chi connectivity index (χ0) is 17.8. The first kappa shape index (κ1) is 16.7. The maximum atomic E-state index is 12.6. The molecule has 2 aromatic heterocycles. The van der Waals surface area contributed by atoms with E-state index in [0.717, 1.165) is 5.39 Å². The van der Waals surface area contributed by atoms with Crippen LogP contribution in [0.15, 0.2) is 53.6 Å². The van der Waals surface area contributed by atoms with Crippen LogP contribution in [0.4, 0.5) is 0 Å². The molecule has 1 amide bonds. The molecule has 128 valence electrons. The van der Waals surface area contributed by atoms with Gasteiger partial charge in [-0.3, -0.25) is 14.6 Å². The zero-order valence-electron chi connectivity index (χ0n) is 14.2. The Morgan fingerprint density at radius 1 is 1.28 bits per heavy atom. The Kier molecular flexibility index (Phi) is 4.79. The highest BCUT2D eigenvalue weighted by atomic mass is 16.5. The van der Waals surface area contributed by atoms with Gasteiger partial charge >= 0.3 is 0 Å². The number of benzene rings is 1. The van der Waals surface area contributed by atoms with Crippen LogP contribution in [0.25, 0.3) is 10.9 Å². The molecule has 1 aromatic carbocycles. The first-order chi connectivity index (χ1) is 12.1. The molecule has 0 radical (unpaired) electrons. The molecule has 3 rings (SSSR count). The fourth-order valence-electron chi connectivity index (χ4n) is 2.67. The number of rotatable bonds is 5. The Hall–Kier alpha value is -3.15. The molecular formula is C19H19N3O3. The van der Waals surface area contributed by atoms with Crippen LogP contribution in [-0.4, -0.2) is 34.4 Å². The normalized spacial score (nSPS) is 10.6. The van der Waals surface area contributed by atoms with Crippen LogP contribution in [0, 0.1) is 0 Å². The summed E-state index contributed by atoms with van der Waals surface area (Å²) in [5.41, 5.74) is 1.54. The van der Waals surface area contributed by atoms with E-state index in [9.17, 15) is 9.59 Å². The molecule has 0 atom stereocenters. The van der Waals surface area contributed by atoms with E-state index in [-0.39, 0.29) is 18.0 Å². The van der Waals surface area contributed by atoms with Gasteiger partial charge in [-0.05, 0) is 42.6 Å². The van der Waals surface area contributed by atoms with E-state index in [2.05, 4.69) is 9.97 Å². The number of fused-ring (bicyclic) bond motifs is 1. The smallest absolute Gasteiger partial charge is 0.255 e. The molecule has 25 heavy (non-hydrogen) atoms. The molecule has 0 unspecified atom stereocenters. The van der Waals surface area contributed by atoms with E-state index in [0.29, 0.717) is 28.9 Å². The van der Waals surface area contributed by atoms with Crippen molar-refractivity contribution in [1.82, 2.24) is 14.9 Å². The first-order valence-corrected chi connectivity index (χ1v) is 8.01. The number of aromatic nitrogens is 2. The van der Waals surface area contributed by atoms with Crippen LogP contribution < -0.4 is 10.3 Å². The number of carbonyl (C=O) groups is 1. The van der Waals surface area contributed by atoms with E-state index in [1.807, 2.05) is 25.1 Å². The molecule has 0 spiro atoms. The summed E-state index contributed by atoms with van der Waals surface area (Å²) in [6, 6.07) is 10.7. The lowest BCUT2D eigenvalue weighted by Gasteiger charge is -2.20. The van der Waals surface area contributed by atoms with Crippen molar-refractivity contribution < 1.29 is 9.53 Å². The van der Waals surface area contributed by atoms with Crippen LogP contribution in [0.1, 0.15) is 22.8 Å². The van der Waals surface area contributed by atoms with E-state index >= 15 is 0 Å². The average molecular weight is 337 g/mol. The topological polar surface area (TPSA) is 75.3 Å². The van der Waals surface area contributed by atoms with Gasteiger partial charge in [0, 0.05) is 30.6 Å². The fourth-order valence-corrected chi connectivity index (χ4v) is 2.67. The third-order valence-corrected chi connectivity index (χ3v) is 4.07. The monoisotopic (exact) mass is 337 g/mol. The van der Waals surface area contributed by atoms with Gasteiger partial charge in [-0.2, -0.15) is 0 Å². The van der Waals surface area contributed by atoms with Crippen LogP contribution in [-0.2, 0) is 6.54 Å². The molecular weight excluding hydrogens is 318 g/mol. The summed E-state index contributed by atoms with van der Waals surface area (Å²) < 4.78 is 5.17. The highest BCUT2D eigenvalue weighted by molar-refractivity contribution is 5.93. The number of carbonyl (C=O) groups excluding carboxylic acids is 1. The lowest BCUT2D eigenvalue weighted by atomic mass is 10.1. The van der Waals surface area contributed by atoms with E-state index in [4.69, 9.17) is 4.74 Å². The standard InChI is InChI=1S/C19H19N3O3/c1-3-22(19(24)14-5-4-8-20-11-14)12-15-9-13-6-7-16(25-2)10-17(13)21-18(15)23/h4-11H,3,12H2,1-2H3,(H,21,23). The van der Waals surface area contributed by atoms with Crippen molar-refractivity contribution in [2.24, 2.45) is 0 Å². The van der Waals surface area contributed by atoms with Gasteiger partial charge in [-0.15, -0.1) is 0 Å². The van der Waals surface area contributed by atoms with Crippen molar-refractivity contribution in [3.05, 3.63) is 70.3 Å². The number of hydrogen-bond acceptors (Lipinski definition) is 4. The van der Waals surface area contributed by atoms with Crippen LogP contribution >= 0.6 is 0 Å². The minimum atomic E-state index is -0.210. The Labute approximate surface area is 145 Å². The van der Waals surface area contributed by atoms with Gasteiger partial charge in [0.25, 0.3) is 11.5 Å². The largest absolute Gasteiger partial charge is 0.497 e. The van der Waals surface area contributed by atoms with Crippen LogP contribution in [0.2, 0.25) is 0 Å². The molecule has 6 nitrogen and oxygen atoms in total. The molecule has 0 fully saturated rings. The van der Waals surface area contributed by atoms with Gasteiger partial charge in [0.05, 0.1) is 24.7 Å². The van der Waals surface area contributed by atoms with Crippen molar-refractivity contribution in [2.75, 3.05) is 13.7 Å². The predicted molar refractivity (Wildman–Crippen MR) is 95.8 cm³/mol. The number of ether oxygens (including phenoxy) is 1. The minimum Gasteiger partial charge on any atom is -0.497 e. The molecule has 1 N–H and O–H groups in total. The summed E-state index contributed by atoms with van der Waals surface area (Å²) in [4.78, 5) is 33.4. The second-order valence-electron chi connectivity index (χ2n) is 5.64. The van der Waals surface area contributed by atoms with Crippen molar-refractivity contribution >= 4 is 16.8 Å². The Morgan fingerprint density at radius 2 is 2.12 bits per heavy atom. The van der Waals surface area contributed by atoms with Crippen molar-refractivity contribution in [2.45, 2.75) is 13.5 Å². The lowest BCUT2D eigenvalue weighted by molar-refractivity contribution is 0.0751. The lowest BCUT2D eigenvalue weighted by Crippen LogP contribution is -2.32. The predicted octanol–water partition coefficient (Wildman–Crippen LogP) is 2.59. The quantitative estimate of drug-likeness (QED) is 0.776. The highest BCUT2D eigenvalue weighted by Gasteiger charge is 2.16. The summed E-state index contributed by atoms with van der Waals surface area (Å²) in [5, 5.41) is 0.889. The second kappa shape index (κ2) is 7.17. The van der Waals surface area contributed by atoms with E-state index in [1.165, 1.54) is 6.20 Å². The molecule has 0 saturated heterocycles. The number of hydrogen-bond donors (Lipinski definition) is 1. The van der Waals surface area contributed by atoms with Gasteiger partial charge in [0.1, 0.15) is 5.75 Å². The molecule has 6 heteroatoms. The molecule has 0 saturated carbocycles. The van der Waals surface area contributed by atoms with E-state index in [1.54, 1.807) is 36.4 Å². The Balaban J connectivity index is 1.91. The summed E-state index contributed by atoms with van der Waals surface area (Å²) in [6.07, 6.45) is 3.15. The van der Waals surface area contributed by atoms with Gasteiger partial charge in [-0.1, -0.05) is 0 Å². The summed E-state index contributed by atoms with van der Waals surface area (Å²) in [5.74, 6) is 0.530. The van der Waals surface area contributed by atoms with Gasteiger partial charge in [-0.25, -0.2) is 0 Å². The molecule has 3 aromatic rings.